The third-order valence-corrected chi connectivity index (χ3v) is 3.57. The van der Waals surface area contributed by atoms with Gasteiger partial charge in [0.25, 0.3) is 0 Å². The van der Waals surface area contributed by atoms with E-state index in [-0.39, 0.29) is 23.0 Å². The molecule has 106 valence electrons. The van der Waals surface area contributed by atoms with Gasteiger partial charge in [0, 0.05) is 29.0 Å². The fourth-order valence-corrected chi connectivity index (χ4v) is 3.35. The van der Waals surface area contributed by atoms with Gasteiger partial charge in [0.1, 0.15) is 0 Å². The number of nitrogens with one attached hydrogen (secondary N) is 3. The number of hydrogen-bond donors (Lipinski definition) is 3. The topological polar surface area (TPSA) is 56.9 Å². The molecule has 1 fully saturated rings. The van der Waals surface area contributed by atoms with Gasteiger partial charge in [-0.25, -0.2) is 0 Å². The molecule has 2 rings (SSSR count). The largest absolute Gasteiger partial charge is 0.365 e. The average molecular weight is 263 g/mol. The Morgan fingerprint density at radius 3 is 2.47 bits per heavy atom. The molecule has 0 aliphatic carbocycles. The lowest BCUT2D eigenvalue weighted by molar-refractivity contribution is -0.121. The molecule has 1 aliphatic heterocycles. The van der Waals surface area contributed by atoms with Crippen LogP contribution in [0.1, 0.15) is 46.2 Å². The van der Waals surface area contributed by atoms with Crippen LogP contribution in [0.3, 0.4) is 0 Å². The maximum absolute atomic E-state index is 12.0. The van der Waals surface area contributed by atoms with Crippen LogP contribution < -0.4 is 10.6 Å². The normalized spacial score (nSPS) is 22.1. The van der Waals surface area contributed by atoms with Gasteiger partial charge < -0.3 is 15.6 Å². The van der Waals surface area contributed by atoms with Crippen LogP contribution in [0.15, 0.2) is 18.3 Å². The molecule has 0 bridgehead atoms. The summed E-state index contributed by atoms with van der Waals surface area (Å²) in [6, 6.07) is 4.10. The third kappa shape index (κ3) is 4.10. The molecule has 2 heterocycles. The highest BCUT2D eigenvalue weighted by atomic mass is 16.1. The van der Waals surface area contributed by atoms with Gasteiger partial charge in [0.05, 0.1) is 6.42 Å². The van der Waals surface area contributed by atoms with Crippen molar-refractivity contribution in [3.05, 3.63) is 24.0 Å². The Morgan fingerprint density at radius 1 is 1.32 bits per heavy atom. The standard InChI is InChI=1S/C15H25N3O/c1-14(2)9-12(10-15(3,4)18-14)17-13(19)8-11-6-5-7-16-11/h5-7,12,16,18H,8-10H2,1-4H3,(H,17,19). The predicted octanol–water partition coefficient (Wildman–Crippen LogP) is 1.98. The van der Waals surface area contributed by atoms with Crippen LogP contribution in [0.25, 0.3) is 0 Å². The minimum absolute atomic E-state index is 0.0616. The Labute approximate surface area is 115 Å². The first kappa shape index (κ1) is 14.1. The maximum atomic E-state index is 12.0. The predicted molar refractivity (Wildman–Crippen MR) is 77.0 cm³/mol. The molecule has 19 heavy (non-hydrogen) atoms. The number of aromatic nitrogens is 1. The molecule has 4 nitrogen and oxygen atoms in total. The van der Waals surface area contributed by atoms with Crippen molar-refractivity contribution in [3.63, 3.8) is 0 Å². The first-order valence-electron chi connectivity index (χ1n) is 6.97. The molecule has 1 aromatic rings. The van der Waals surface area contributed by atoms with Crippen molar-refractivity contribution in [2.24, 2.45) is 0 Å². The average Bonchev–Trinajstić information content (AvgIpc) is 2.63. The summed E-state index contributed by atoms with van der Waals surface area (Å²) in [5, 5.41) is 6.79. The lowest BCUT2D eigenvalue weighted by Gasteiger charge is -2.46. The van der Waals surface area contributed by atoms with Crippen molar-refractivity contribution < 1.29 is 4.79 Å². The molecular formula is C15H25N3O. The summed E-state index contributed by atoms with van der Waals surface area (Å²) in [5.74, 6) is 0.0981. The van der Waals surface area contributed by atoms with Crippen LogP contribution in [0.2, 0.25) is 0 Å². The third-order valence-electron chi connectivity index (χ3n) is 3.57. The molecule has 0 radical (unpaired) electrons. The Balaban J connectivity index is 1.93. The van der Waals surface area contributed by atoms with E-state index in [0.29, 0.717) is 6.42 Å². The van der Waals surface area contributed by atoms with Crippen LogP contribution in [0.5, 0.6) is 0 Å². The van der Waals surface area contributed by atoms with E-state index < -0.39 is 0 Å². The minimum Gasteiger partial charge on any atom is -0.365 e. The van der Waals surface area contributed by atoms with E-state index >= 15 is 0 Å². The summed E-state index contributed by atoms with van der Waals surface area (Å²) in [6.45, 7) is 8.77. The maximum Gasteiger partial charge on any atom is 0.226 e. The van der Waals surface area contributed by atoms with E-state index in [0.717, 1.165) is 18.5 Å². The first-order valence-corrected chi connectivity index (χ1v) is 6.97. The van der Waals surface area contributed by atoms with Gasteiger partial charge in [-0.3, -0.25) is 4.79 Å². The summed E-state index contributed by atoms with van der Waals surface area (Å²) >= 11 is 0. The monoisotopic (exact) mass is 263 g/mol. The van der Waals surface area contributed by atoms with Gasteiger partial charge in [0.15, 0.2) is 0 Å². The summed E-state index contributed by atoms with van der Waals surface area (Å²) in [7, 11) is 0. The highest BCUT2D eigenvalue weighted by molar-refractivity contribution is 5.78. The molecule has 0 saturated carbocycles. The van der Waals surface area contributed by atoms with Crippen molar-refractivity contribution in [2.45, 2.75) is 64.1 Å². The number of rotatable bonds is 3. The Kier molecular flexibility index (Phi) is 3.72. The van der Waals surface area contributed by atoms with Crippen LogP contribution in [0.4, 0.5) is 0 Å². The molecule has 1 saturated heterocycles. The molecule has 1 amide bonds. The number of aromatic amines is 1. The van der Waals surface area contributed by atoms with Crippen molar-refractivity contribution in [2.75, 3.05) is 0 Å². The molecule has 0 spiro atoms. The van der Waals surface area contributed by atoms with E-state index in [1.807, 2.05) is 18.3 Å². The van der Waals surface area contributed by atoms with Gasteiger partial charge in [-0.1, -0.05) is 0 Å². The van der Waals surface area contributed by atoms with Crippen molar-refractivity contribution in [1.82, 2.24) is 15.6 Å². The SMILES string of the molecule is CC1(C)CC(NC(=O)Cc2ccc[nH]2)CC(C)(C)N1. The lowest BCUT2D eigenvalue weighted by Crippen LogP contribution is -2.62. The molecular weight excluding hydrogens is 238 g/mol. The lowest BCUT2D eigenvalue weighted by atomic mass is 9.79. The number of piperidine rings is 1. The van der Waals surface area contributed by atoms with Gasteiger partial charge >= 0.3 is 0 Å². The number of carbonyl (C=O) groups is 1. The van der Waals surface area contributed by atoms with E-state index in [2.05, 4.69) is 43.3 Å². The molecule has 3 N–H and O–H groups in total. The fourth-order valence-electron chi connectivity index (χ4n) is 3.35. The van der Waals surface area contributed by atoms with Crippen molar-refractivity contribution in [3.8, 4) is 0 Å². The second kappa shape index (κ2) is 5.00. The van der Waals surface area contributed by atoms with Crippen molar-refractivity contribution in [1.29, 1.82) is 0 Å². The minimum atomic E-state index is 0.0616. The highest BCUT2D eigenvalue weighted by Gasteiger charge is 2.38. The van der Waals surface area contributed by atoms with Gasteiger partial charge in [-0.2, -0.15) is 0 Å². The zero-order valence-electron chi connectivity index (χ0n) is 12.3. The zero-order valence-corrected chi connectivity index (χ0v) is 12.3. The van der Waals surface area contributed by atoms with E-state index in [9.17, 15) is 4.79 Å². The Hall–Kier alpha value is -1.29. The van der Waals surface area contributed by atoms with Gasteiger partial charge in [0.2, 0.25) is 5.91 Å². The number of amides is 1. The van der Waals surface area contributed by atoms with Crippen LogP contribution in [0, 0.1) is 0 Å². The molecule has 1 aromatic heterocycles. The molecule has 0 atom stereocenters. The van der Waals surface area contributed by atoms with E-state index in [1.165, 1.54) is 0 Å². The van der Waals surface area contributed by atoms with Crippen LogP contribution in [-0.2, 0) is 11.2 Å². The van der Waals surface area contributed by atoms with Crippen LogP contribution in [-0.4, -0.2) is 28.0 Å². The zero-order chi connectivity index (χ0) is 14.1. The summed E-state index contributed by atoms with van der Waals surface area (Å²) in [4.78, 5) is 15.1. The second-order valence-corrected chi connectivity index (χ2v) is 6.94. The van der Waals surface area contributed by atoms with Gasteiger partial charge in [-0.05, 0) is 52.7 Å². The molecule has 1 aliphatic rings. The van der Waals surface area contributed by atoms with E-state index in [4.69, 9.17) is 0 Å². The highest BCUT2D eigenvalue weighted by Crippen LogP contribution is 2.28. The smallest absolute Gasteiger partial charge is 0.226 e. The Bertz CT molecular complexity index is 418. The first-order chi connectivity index (χ1) is 8.76. The Morgan fingerprint density at radius 2 is 1.95 bits per heavy atom. The van der Waals surface area contributed by atoms with Crippen LogP contribution >= 0.6 is 0 Å². The summed E-state index contributed by atoms with van der Waals surface area (Å²) < 4.78 is 0. The summed E-state index contributed by atoms with van der Waals surface area (Å²) in [6.07, 6.45) is 4.21. The number of carbonyl (C=O) groups excluding carboxylic acids is 1. The summed E-state index contributed by atoms with van der Waals surface area (Å²) in [5.41, 5.74) is 1.09. The molecule has 0 aromatic carbocycles. The van der Waals surface area contributed by atoms with E-state index in [1.54, 1.807) is 0 Å². The quantitative estimate of drug-likeness (QED) is 0.781. The van der Waals surface area contributed by atoms with Crippen molar-refractivity contribution >= 4 is 5.91 Å². The van der Waals surface area contributed by atoms with Gasteiger partial charge in [-0.15, -0.1) is 0 Å². The molecule has 4 heteroatoms. The molecule has 0 unspecified atom stereocenters. The number of hydrogen-bond acceptors (Lipinski definition) is 2. The second-order valence-electron chi connectivity index (χ2n) is 6.94. The number of H-pyrrole nitrogens is 1. The fraction of sp³-hybridized carbons (Fsp3) is 0.667.